The van der Waals surface area contributed by atoms with E-state index in [1.807, 2.05) is 13.0 Å². The van der Waals surface area contributed by atoms with Crippen LogP contribution in [0.4, 0.5) is 0 Å². The highest BCUT2D eigenvalue weighted by Crippen LogP contribution is 2.25. The summed E-state index contributed by atoms with van der Waals surface area (Å²) < 4.78 is 13.6. The molecular weight excluding hydrogens is 348 g/mol. The topological polar surface area (TPSA) is 87.4 Å². The SMILES string of the molecule is COc1cc(C)n(CCNC(=O)c2ccc3c(OC)n(C)nc3c2)c(=O)c1. The average molecular weight is 370 g/mol. The van der Waals surface area contributed by atoms with Gasteiger partial charge >= 0.3 is 0 Å². The molecule has 0 bridgehead atoms. The summed E-state index contributed by atoms with van der Waals surface area (Å²) in [6, 6.07) is 8.47. The maximum Gasteiger partial charge on any atom is 0.254 e. The van der Waals surface area contributed by atoms with E-state index in [9.17, 15) is 9.59 Å². The summed E-state index contributed by atoms with van der Waals surface area (Å²) in [7, 11) is 4.89. The molecule has 0 fully saturated rings. The van der Waals surface area contributed by atoms with Gasteiger partial charge in [-0.3, -0.25) is 9.59 Å². The van der Waals surface area contributed by atoms with Gasteiger partial charge in [0.15, 0.2) is 0 Å². The highest BCUT2D eigenvalue weighted by Gasteiger charge is 2.13. The Morgan fingerprint density at radius 1 is 1.19 bits per heavy atom. The Balaban J connectivity index is 1.70. The quantitative estimate of drug-likeness (QED) is 0.710. The Morgan fingerprint density at radius 3 is 2.63 bits per heavy atom. The van der Waals surface area contributed by atoms with Crippen LogP contribution in [-0.4, -0.2) is 41.0 Å². The molecule has 0 aliphatic rings. The van der Waals surface area contributed by atoms with Crippen LogP contribution in [0.5, 0.6) is 11.6 Å². The van der Waals surface area contributed by atoms with Gasteiger partial charge in [0.25, 0.3) is 11.5 Å². The molecule has 0 spiro atoms. The number of benzene rings is 1. The van der Waals surface area contributed by atoms with E-state index in [2.05, 4.69) is 10.4 Å². The molecule has 1 N–H and O–H groups in total. The number of pyridine rings is 1. The standard InChI is InChI=1S/C19H22N4O4/c1-12-9-14(26-3)11-17(24)23(12)8-7-20-18(25)13-5-6-15-16(10-13)21-22(2)19(15)27-4/h5-6,9-11H,7-8H2,1-4H3,(H,20,25). The van der Waals surface area contributed by atoms with Crippen LogP contribution in [0.2, 0.25) is 0 Å². The van der Waals surface area contributed by atoms with Gasteiger partial charge < -0.3 is 19.4 Å². The van der Waals surface area contributed by atoms with E-state index in [1.165, 1.54) is 13.2 Å². The van der Waals surface area contributed by atoms with Crippen LogP contribution in [0.3, 0.4) is 0 Å². The monoisotopic (exact) mass is 370 g/mol. The van der Waals surface area contributed by atoms with E-state index >= 15 is 0 Å². The Labute approximate surface area is 156 Å². The predicted octanol–water partition coefficient (Wildman–Crippen LogP) is 1.49. The summed E-state index contributed by atoms with van der Waals surface area (Å²) in [5, 5.41) is 8.03. The van der Waals surface area contributed by atoms with Crippen molar-refractivity contribution >= 4 is 16.8 Å². The van der Waals surface area contributed by atoms with E-state index in [0.717, 1.165) is 11.1 Å². The molecule has 2 aromatic heterocycles. The second-order valence-corrected chi connectivity index (χ2v) is 6.15. The van der Waals surface area contributed by atoms with Gasteiger partial charge in [0.2, 0.25) is 5.88 Å². The lowest BCUT2D eigenvalue weighted by molar-refractivity contribution is 0.0952. The Hall–Kier alpha value is -3.29. The molecule has 1 amide bonds. The fourth-order valence-corrected chi connectivity index (χ4v) is 3.05. The van der Waals surface area contributed by atoms with Crippen molar-refractivity contribution in [1.29, 1.82) is 0 Å². The van der Waals surface area contributed by atoms with E-state index in [1.54, 1.807) is 41.6 Å². The number of nitrogens with zero attached hydrogens (tertiary/aromatic N) is 3. The molecule has 142 valence electrons. The number of hydrogen-bond acceptors (Lipinski definition) is 5. The molecule has 0 atom stereocenters. The molecule has 3 aromatic rings. The second kappa shape index (κ2) is 7.53. The number of nitrogens with one attached hydrogen (secondary N) is 1. The van der Waals surface area contributed by atoms with Gasteiger partial charge in [-0.25, -0.2) is 4.68 Å². The zero-order valence-electron chi connectivity index (χ0n) is 15.8. The molecule has 0 saturated carbocycles. The molecule has 8 nitrogen and oxygen atoms in total. The summed E-state index contributed by atoms with van der Waals surface area (Å²) in [4.78, 5) is 24.5. The van der Waals surface area contributed by atoms with Crippen molar-refractivity contribution in [3.05, 3.63) is 51.9 Å². The molecule has 27 heavy (non-hydrogen) atoms. The number of amides is 1. The molecule has 3 rings (SSSR count). The molecule has 0 saturated heterocycles. The summed E-state index contributed by atoms with van der Waals surface area (Å²) in [5.74, 6) is 0.948. The van der Waals surface area contributed by atoms with Crippen LogP contribution in [-0.2, 0) is 13.6 Å². The van der Waals surface area contributed by atoms with Gasteiger partial charge in [0.1, 0.15) is 5.75 Å². The van der Waals surface area contributed by atoms with E-state index in [-0.39, 0.29) is 11.5 Å². The van der Waals surface area contributed by atoms with Gasteiger partial charge in [-0.05, 0) is 31.2 Å². The fraction of sp³-hybridized carbons (Fsp3) is 0.316. The summed E-state index contributed by atoms with van der Waals surface area (Å²) in [5.41, 5.74) is 1.80. The van der Waals surface area contributed by atoms with Gasteiger partial charge in [0, 0.05) is 37.5 Å². The predicted molar refractivity (Wildman–Crippen MR) is 102 cm³/mol. The second-order valence-electron chi connectivity index (χ2n) is 6.15. The van der Waals surface area contributed by atoms with Crippen LogP contribution < -0.4 is 20.3 Å². The largest absolute Gasteiger partial charge is 0.496 e. The number of carbonyl (C=O) groups is 1. The van der Waals surface area contributed by atoms with Crippen LogP contribution in [0.1, 0.15) is 16.1 Å². The minimum absolute atomic E-state index is 0.164. The Bertz CT molecular complexity index is 1050. The normalized spacial score (nSPS) is 10.8. The Morgan fingerprint density at radius 2 is 1.96 bits per heavy atom. The van der Waals surface area contributed by atoms with Crippen LogP contribution >= 0.6 is 0 Å². The van der Waals surface area contributed by atoms with Gasteiger partial charge in [-0.1, -0.05) is 0 Å². The van der Waals surface area contributed by atoms with Crippen molar-refractivity contribution in [3.8, 4) is 11.6 Å². The number of hydrogen-bond donors (Lipinski definition) is 1. The average Bonchev–Trinajstić information content (AvgIpc) is 2.97. The number of methoxy groups -OCH3 is 2. The van der Waals surface area contributed by atoms with Crippen molar-refractivity contribution < 1.29 is 14.3 Å². The lowest BCUT2D eigenvalue weighted by atomic mass is 10.1. The maximum absolute atomic E-state index is 12.4. The van der Waals surface area contributed by atoms with E-state index in [4.69, 9.17) is 9.47 Å². The zero-order valence-corrected chi connectivity index (χ0v) is 15.8. The molecule has 0 aliphatic carbocycles. The smallest absolute Gasteiger partial charge is 0.254 e. The first-order valence-electron chi connectivity index (χ1n) is 8.49. The van der Waals surface area contributed by atoms with Crippen LogP contribution in [0.15, 0.2) is 35.1 Å². The molecule has 1 aromatic carbocycles. The first-order chi connectivity index (χ1) is 12.9. The first-order valence-corrected chi connectivity index (χ1v) is 8.49. The maximum atomic E-state index is 12.4. The minimum atomic E-state index is -0.222. The number of aromatic nitrogens is 3. The number of ether oxygens (including phenoxy) is 2. The van der Waals surface area contributed by atoms with Crippen LogP contribution in [0.25, 0.3) is 10.9 Å². The van der Waals surface area contributed by atoms with Crippen molar-refractivity contribution in [3.63, 3.8) is 0 Å². The highest BCUT2D eigenvalue weighted by atomic mass is 16.5. The number of aryl methyl sites for hydroxylation is 2. The lowest BCUT2D eigenvalue weighted by Gasteiger charge is -2.12. The lowest BCUT2D eigenvalue weighted by Crippen LogP contribution is -2.31. The van der Waals surface area contributed by atoms with Crippen LogP contribution in [0, 0.1) is 6.92 Å². The van der Waals surface area contributed by atoms with Crippen molar-refractivity contribution in [2.75, 3.05) is 20.8 Å². The highest BCUT2D eigenvalue weighted by molar-refractivity contribution is 5.98. The van der Waals surface area contributed by atoms with E-state index in [0.29, 0.717) is 35.8 Å². The molecule has 2 heterocycles. The number of fused-ring (bicyclic) bond motifs is 1. The summed E-state index contributed by atoms with van der Waals surface area (Å²) in [6.07, 6.45) is 0. The van der Waals surface area contributed by atoms with Gasteiger partial charge in [-0.2, -0.15) is 5.10 Å². The number of carbonyl (C=O) groups excluding carboxylic acids is 1. The molecule has 0 radical (unpaired) electrons. The fourth-order valence-electron chi connectivity index (χ4n) is 3.05. The third-order valence-electron chi connectivity index (χ3n) is 4.40. The molecule has 0 aliphatic heterocycles. The third kappa shape index (κ3) is 3.64. The van der Waals surface area contributed by atoms with Crippen molar-refractivity contribution in [2.45, 2.75) is 13.5 Å². The number of rotatable bonds is 6. The summed E-state index contributed by atoms with van der Waals surface area (Å²) in [6.45, 7) is 2.53. The summed E-state index contributed by atoms with van der Waals surface area (Å²) >= 11 is 0. The first kappa shape index (κ1) is 18.5. The van der Waals surface area contributed by atoms with Crippen molar-refractivity contribution in [2.24, 2.45) is 7.05 Å². The molecule has 0 unspecified atom stereocenters. The molecular formula is C19H22N4O4. The molecule has 8 heteroatoms. The Kier molecular flexibility index (Phi) is 5.16. The third-order valence-corrected chi connectivity index (χ3v) is 4.40. The minimum Gasteiger partial charge on any atom is -0.496 e. The van der Waals surface area contributed by atoms with Crippen molar-refractivity contribution in [1.82, 2.24) is 19.7 Å². The zero-order chi connectivity index (χ0) is 19.6. The van der Waals surface area contributed by atoms with E-state index < -0.39 is 0 Å². The van der Waals surface area contributed by atoms with Gasteiger partial charge in [0.05, 0.1) is 25.1 Å². The van der Waals surface area contributed by atoms with Gasteiger partial charge in [-0.15, -0.1) is 0 Å².